The first-order valence-corrected chi connectivity index (χ1v) is 8.49. The van der Waals surface area contributed by atoms with Crippen molar-refractivity contribution in [2.75, 3.05) is 38.5 Å². The Labute approximate surface area is 124 Å². The van der Waals surface area contributed by atoms with E-state index in [1.54, 1.807) is 18.7 Å². The fourth-order valence-electron chi connectivity index (χ4n) is 2.10. The van der Waals surface area contributed by atoms with Gasteiger partial charge < -0.3 is 9.84 Å². The second-order valence-corrected chi connectivity index (χ2v) is 6.91. The minimum atomic E-state index is -3.51. The molecule has 122 valence electrons. The summed E-state index contributed by atoms with van der Waals surface area (Å²) in [5.74, 6) is -1.73. The first kappa shape index (κ1) is 17.9. The molecular formula is C12H22N2O6S. The Kier molecular flexibility index (Phi) is 6.56. The molecular weight excluding hydrogens is 300 g/mol. The van der Waals surface area contributed by atoms with Crippen molar-refractivity contribution in [1.29, 1.82) is 0 Å². The number of esters is 1. The van der Waals surface area contributed by atoms with E-state index in [2.05, 4.69) is 0 Å². The second-order valence-electron chi connectivity index (χ2n) is 4.82. The Balaban J connectivity index is 2.48. The number of rotatable bonds is 7. The van der Waals surface area contributed by atoms with Crippen LogP contribution in [0.3, 0.4) is 0 Å². The number of piperazine rings is 1. The Morgan fingerprint density at radius 2 is 1.81 bits per heavy atom. The number of carbonyl (C=O) groups is 2. The maximum absolute atomic E-state index is 12.1. The Hall–Kier alpha value is -1.19. The van der Waals surface area contributed by atoms with Crippen molar-refractivity contribution in [3.63, 3.8) is 0 Å². The number of carboxylic acids is 1. The minimum Gasteiger partial charge on any atom is -0.480 e. The standard InChI is InChI=1S/C12H22N2O6S/c1-3-20-11(15)4-9-21(18,19)14-7-5-13(6-8-14)10(2)12(16)17/h10H,3-9H2,1-2H3,(H,16,17). The lowest BCUT2D eigenvalue weighted by atomic mass is 10.2. The van der Waals surface area contributed by atoms with Gasteiger partial charge in [-0.15, -0.1) is 0 Å². The van der Waals surface area contributed by atoms with E-state index in [0.29, 0.717) is 13.1 Å². The van der Waals surface area contributed by atoms with Gasteiger partial charge >= 0.3 is 11.9 Å². The molecule has 1 atom stereocenters. The van der Waals surface area contributed by atoms with Crippen molar-refractivity contribution in [2.45, 2.75) is 26.3 Å². The molecule has 0 aromatic carbocycles. The molecule has 1 rings (SSSR count). The van der Waals surface area contributed by atoms with Crippen LogP contribution in [0.2, 0.25) is 0 Å². The minimum absolute atomic E-state index is 0.165. The summed E-state index contributed by atoms with van der Waals surface area (Å²) in [6, 6.07) is -0.630. The van der Waals surface area contributed by atoms with Gasteiger partial charge in [-0.3, -0.25) is 14.5 Å². The number of carbonyl (C=O) groups excluding carboxylic acids is 1. The smallest absolute Gasteiger partial charge is 0.320 e. The van der Waals surface area contributed by atoms with Gasteiger partial charge in [0.15, 0.2) is 0 Å². The van der Waals surface area contributed by atoms with E-state index < -0.39 is 28.0 Å². The van der Waals surface area contributed by atoms with E-state index in [0.717, 1.165) is 0 Å². The van der Waals surface area contributed by atoms with E-state index >= 15 is 0 Å². The predicted molar refractivity (Wildman–Crippen MR) is 75.3 cm³/mol. The Morgan fingerprint density at radius 3 is 2.29 bits per heavy atom. The molecule has 0 bridgehead atoms. The van der Waals surface area contributed by atoms with Crippen LogP contribution in [-0.2, 0) is 24.3 Å². The van der Waals surface area contributed by atoms with Gasteiger partial charge in [0.2, 0.25) is 10.0 Å². The molecule has 0 aromatic rings. The molecule has 21 heavy (non-hydrogen) atoms. The number of hydrogen-bond acceptors (Lipinski definition) is 6. The van der Waals surface area contributed by atoms with Crippen molar-refractivity contribution in [2.24, 2.45) is 0 Å². The maximum Gasteiger partial charge on any atom is 0.320 e. The highest BCUT2D eigenvalue weighted by atomic mass is 32.2. The number of sulfonamides is 1. The van der Waals surface area contributed by atoms with Gasteiger partial charge in [-0.05, 0) is 13.8 Å². The molecule has 1 N–H and O–H groups in total. The molecule has 0 spiro atoms. The lowest BCUT2D eigenvalue weighted by Crippen LogP contribution is -2.53. The molecule has 8 nitrogen and oxygen atoms in total. The van der Waals surface area contributed by atoms with E-state index in [1.165, 1.54) is 4.31 Å². The van der Waals surface area contributed by atoms with Crippen LogP contribution in [0.4, 0.5) is 0 Å². The molecule has 1 unspecified atom stereocenters. The molecule has 0 radical (unpaired) electrons. The highest BCUT2D eigenvalue weighted by molar-refractivity contribution is 7.89. The van der Waals surface area contributed by atoms with Crippen LogP contribution in [0.25, 0.3) is 0 Å². The van der Waals surface area contributed by atoms with Crippen LogP contribution in [0.15, 0.2) is 0 Å². The molecule has 1 aliphatic rings. The lowest BCUT2D eigenvalue weighted by Gasteiger charge is -2.35. The average Bonchev–Trinajstić information content (AvgIpc) is 2.45. The second kappa shape index (κ2) is 7.71. The molecule has 0 aliphatic carbocycles. The molecule has 0 aromatic heterocycles. The van der Waals surface area contributed by atoms with E-state index in [1.807, 2.05) is 0 Å². The summed E-state index contributed by atoms with van der Waals surface area (Å²) in [7, 11) is -3.51. The van der Waals surface area contributed by atoms with Crippen molar-refractivity contribution in [1.82, 2.24) is 9.21 Å². The van der Waals surface area contributed by atoms with Gasteiger partial charge in [0.25, 0.3) is 0 Å². The first-order chi connectivity index (χ1) is 9.77. The van der Waals surface area contributed by atoms with E-state index in [-0.39, 0.29) is 31.9 Å². The largest absolute Gasteiger partial charge is 0.480 e. The molecule has 1 aliphatic heterocycles. The van der Waals surface area contributed by atoms with Crippen molar-refractivity contribution in [3.05, 3.63) is 0 Å². The van der Waals surface area contributed by atoms with Gasteiger partial charge in [-0.1, -0.05) is 0 Å². The Morgan fingerprint density at radius 1 is 1.24 bits per heavy atom. The van der Waals surface area contributed by atoms with Crippen LogP contribution in [0.5, 0.6) is 0 Å². The maximum atomic E-state index is 12.1. The summed E-state index contributed by atoms with van der Waals surface area (Å²) >= 11 is 0. The normalized spacial score (nSPS) is 19.1. The van der Waals surface area contributed by atoms with Gasteiger partial charge in [0.05, 0.1) is 18.8 Å². The van der Waals surface area contributed by atoms with Crippen LogP contribution >= 0.6 is 0 Å². The number of aliphatic carboxylic acids is 1. The SMILES string of the molecule is CCOC(=O)CCS(=O)(=O)N1CCN(C(C)C(=O)O)CC1. The highest BCUT2D eigenvalue weighted by Gasteiger charge is 2.30. The van der Waals surface area contributed by atoms with E-state index in [9.17, 15) is 18.0 Å². The third-order valence-electron chi connectivity index (χ3n) is 3.44. The summed E-state index contributed by atoms with van der Waals surface area (Å²) < 4.78 is 30.2. The topological polar surface area (TPSA) is 104 Å². The summed E-state index contributed by atoms with van der Waals surface area (Å²) in [5, 5.41) is 8.93. The quantitative estimate of drug-likeness (QED) is 0.622. The predicted octanol–water partition coefficient (Wildman–Crippen LogP) is -0.640. The zero-order chi connectivity index (χ0) is 16.0. The zero-order valence-corrected chi connectivity index (χ0v) is 13.1. The molecule has 0 amide bonds. The average molecular weight is 322 g/mol. The first-order valence-electron chi connectivity index (χ1n) is 6.88. The van der Waals surface area contributed by atoms with Crippen LogP contribution in [-0.4, -0.2) is 79.2 Å². The molecule has 1 fully saturated rings. The number of hydrogen-bond donors (Lipinski definition) is 1. The van der Waals surface area contributed by atoms with Crippen LogP contribution < -0.4 is 0 Å². The molecule has 1 saturated heterocycles. The van der Waals surface area contributed by atoms with Crippen LogP contribution in [0.1, 0.15) is 20.3 Å². The van der Waals surface area contributed by atoms with Gasteiger partial charge in [0.1, 0.15) is 6.04 Å². The monoisotopic (exact) mass is 322 g/mol. The number of carboxylic acid groups (broad SMARTS) is 1. The van der Waals surface area contributed by atoms with Gasteiger partial charge in [-0.25, -0.2) is 8.42 Å². The lowest BCUT2D eigenvalue weighted by molar-refractivity contribution is -0.143. The van der Waals surface area contributed by atoms with Gasteiger partial charge in [-0.2, -0.15) is 4.31 Å². The fourth-order valence-corrected chi connectivity index (χ4v) is 3.50. The highest BCUT2D eigenvalue weighted by Crippen LogP contribution is 2.11. The number of nitrogens with zero attached hydrogens (tertiary/aromatic N) is 2. The van der Waals surface area contributed by atoms with Crippen molar-refractivity contribution >= 4 is 22.0 Å². The third-order valence-corrected chi connectivity index (χ3v) is 5.31. The Bertz CT molecular complexity index is 470. The van der Waals surface area contributed by atoms with Gasteiger partial charge in [0, 0.05) is 26.2 Å². The van der Waals surface area contributed by atoms with Crippen LogP contribution in [0, 0.1) is 0 Å². The molecule has 9 heteroatoms. The van der Waals surface area contributed by atoms with Crippen molar-refractivity contribution < 1.29 is 27.9 Å². The van der Waals surface area contributed by atoms with E-state index in [4.69, 9.17) is 9.84 Å². The third kappa shape index (κ3) is 5.25. The fraction of sp³-hybridized carbons (Fsp3) is 0.833. The van der Waals surface area contributed by atoms with Crippen molar-refractivity contribution in [3.8, 4) is 0 Å². The summed E-state index contributed by atoms with van der Waals surface area (Å²) in [4.78, 5) is 23.8. The summed E-state index contributed by atoms with van der Waals surface area (Å²) in [6.07, 6.45) is -0.165. The number of ether oxygens (including phenoxy) is 1. The summed E-state index contributed by atoms with van der Waals surface area (Å²) in [5.41, 5.74) is 0. The molecule has 0 saturated carbocycles. The molecule has 1 heterocycles. The zero-order valence-electron chi connectivity index (χ0n) is 12.3. The summed E-state index contributed by atoms with van der Waals surface area (Å²) in [6.45, 7) is 4.68.